The van der Waals surface area contributed by atoms with Crippen LogP contribution in [0.3, 0.4) is 0 Å². The number of rotatable bonds is 6. The second-order valence-electron chi connectivity index (χ2n) is 6.17. The molecule has 7 nitrogen and oxygen atoms in total. The molecular formula is C19H18N2O5. The molecule has 0 bridgehead atoms. The van der Waals surface area contributed by atoms with Gasteiger partial charge in [-0.15, -0.1) is 0 Å². The number of benzene rings is 2. The van der Waals surface area contributed by atoms with Gasteiger partial charge in [0, 0.05) is 40.8 Å². The zero-order chi connectivity index (χ0) is 18.8. The Bertz CT molecular complexity index is 993. The van der Waals surface area contributed by atoms with E-state index in [1.54, 1.807) is 44.2 Å². The van der Waals surface area contributed by atoms with Crippen LogP contribution in [-0.4, -0.2) is 21.1 Å². The Hall–Kier alpha value is -3.35. The summed E-state index contributed by atoms with van der Waals surface area (Å²) in [6, 6.07) is 10.1. The van der Waals surface area contributed by atoms with Crippen LogP contribution in [-0.2, 0) is 16.1 Å². The molecule has 3 rings (SSSR count). The fraction of sp³-hybridized carbons (Fsp3) is 0.211. The Morgan fingerprint density at radius 3 is 2.77 bits per heavy atom. The predicted molar refractivity (Wildman–Crippen MR) is 96.1 cm³/mol. The number of fused-ring (bicyclic) bond motifs is 1. The van der Waals surface area contributed by atoms with Gasteiger partial charge in [0.1, 0.15) is 11.9 Å². The van der Waals surface area contributed by atoms with Crippen LogP contribution in [0.2, 0.25) is 0 Å². The van der Waals surface area contributed by atoms with Crippen LogP contribution in [0.15, 0.2) is 42.6 Å². The number of aryl methyl sites for hydroxylation is 1. The molecule has 0 spiro atoms. The molecule has 3 aromatic rings. The van der Waals surface area contributed by atoms with Gasteiger partial charge < -0.3 is 14.4 Å². The van der Waals surface area contributed by atoms with E-state index in [-0.39, 0.29) is 11.4 Å². The largest absolute Gasteiger partial charge is 0.508 e. The van der Waals surface area contributed by atoms with Crippen molar-refractivity contribution in [1.29, 1.82) is 0 Å². The number of aromatic hydroxyl groups is 1. The lowest BCUT2D eigenvalue weighted by Gasteiger charge is -2.08. The number of carbonyl (C=O) groups is 1. The zero-order valence-electron chi connectivity index (χ0n) is 14.4. The average Bonchev–Trinajstić information content (AvgIpc) is 2.94. The molecule has 0 radical (unpaired) electrons. The van der Waals surface area contributed by atoms with Gasteiger partial charge in [0.25, 0.3) is 12.2 Å². The van der Waals surface area contributed by atoms with Crippen molar-refractivity contribution in [2.75, 3.05) is 0 Å². The number of phenols is 1. The summed E-state index contributed by atoms with van der Waals surface area (Å²) in [5, 5.41) is 21.7. The van der Waals surface area contributed by atoms with E-state index in [0.717, 1.165) is 22.0 Å². The number of aromatic nitrogens is 1. The minimum Gasteiger partial charge on any atom is -0.508 e. The lowest BCUT2D eigenvalue weighted by molar-refractivity contribution is -0.385. The Morgan fingerprint density at radius 1 is 1.31 bits per heavy atom. The van der Waals surface area contributed by atoms with Crippen LogP contribution in [0.1, 0.15) is 29.7 Å². The molecule has 0 saturated heterocycles. The first-order valence-electron chi connectivity index (χ1n) is 8.05. The molecule has 1 heterocycles. The molecule has 0 aliphatic heterocycles. The van der Waals surface area contributed by atoms with Crippen molar-refractivity contribution >= 4 is 23.1 Å². The summed E-state index contributed by atoms with van der Waals surface area (Å²) < 4.78 is 6.96. The molecule has 134 valence electrons. The number of nitro groups is 1. The molecule has 0 amide bonds. The maximum atomic E-state index is 11.2. The minimum absolute atomic E-state index is 0.0782. The quantitative estimate of drug-likeness (QED) is 0.412. The van der Waals surface area contributed by atoms with Crippen LogP contribution < -0.4 is 0 Å². The summed E-state index contributed by atoms with van der Waals surface area (Å²) >= 11 is 0. The minimum atomic E-state index is -0.481. The van der Waals surface area contributed by atoms with Gasteiger partial charge in [0.2, 0.25) is 0 Å². The summed E-state index contributed by atoms with van der Waals surface area (Å²) in [6.45, 7) is 4.25. The molecule has 1 atom stereocenters. The number of hydrogen-bond donors (Lipinski definition) is 1. The van der Waals surface area contributed by atoms with Gasteiger partial charge in [0.05, 0.1) is 4.92 Å². The first kappa shape index (κ1) is 17.5. The van der Waals surface area contributed by atoms with E-state index in [1.807, 2.05) is 16.8 Å². The second kappa shape index (κ2) is 6.87. The first-order valence-corrected chi connectivity index (χ1v) is 8.05. The van der Waals surface area contributed by atoms with E-state index in [4.69, 9.17) is 4.74 Å². The zero-order valence-corrected chi connectivity index (χ0v) is 14.4. The highest BCUT2D eigenvalue weighted by Crippen LogP contribution is 2.31. The number of nitro benzene ring substituents is 1. The molecule has 0 fully saturated rings. The van der Waals surface area contributed by atoms with E-state index >= 15 is 0 Å². The van der Waals surface area contributed by atoms with Crippen molar-refractivity contribution in [3.63, 3.8) is 0 Å². The normalized spacial score (nSPS) is 12.1. The third-order valence-corrected chi connectivity index (χ3v) is 4.42. The van der Waals surface area contributed by atoms with Gasteiger partial charge in [-0.1, -0.05) is 12.1 Å². The molecule has 1 N–H and O–H groups in total. The van der Waals surface area contributed by atoms with Crippen molar-refractivity contribution in [3.05, 3.63) is 69.4 Å². The summed E-state index contributed by atoms with van der Waals surface area (Å²) in [5.41, 5.74) is 3.05. The van der Waals surface area contributed by atoms with Crippen LogP contribution in [0.25, 0.3) is 10.9 Å². The van der Waals surface area contributed by atoms with Crippen LogP contribution in [0.4, 0.5) is 5.69 Å². The first-order chi connectivity index (χ1) is 12.4. The Labute approximate surface area is 149 Å². The number of phenolic OH excluding ortho intramolecular Hbond substituents is 1. The smallest absolute Gasteiger partial charge is 0.293 e. The number of nitrogens with zero attached hydrogens (tertiary/aromatic N) is 2. The third kappa shape index (κ3) is 3.23. The van der Waals surface area contributed by atoms with E-state index in [2.05, 4.69) is 0 Å². The molecule has 1 aromatic heterocycles. The van der Waals surface area contributed by atoms with E-state index in [0.29, 0.717) is 18.6 Å². The second-order valence-corrected chi connectivity index (χ2v) is 6.17. The van der Waals surface area contributed by atoms with Gasteiger partial charge in [0.15, 0.2) is 0 Å². The van der Waals surface area contributed by atoms with Crippen LogP contribution >= 0.6 is 0 Å². The molecule has 0 aliphatic carbocycles. The molecule has 26 heavy (non-hydrogen) atoms. The Kier molecular flexibility index (Phi) is 4.62. The van der Waals surface area contributed by atoms with Crippen molar-refractivity contribution < 1.29 is 19.6 Å². The topological polar surface area (TPSA) is 94.6 Å². The lowest BCUT2D eigenvalue weighted by Crippen LogP contribution is -2.01. The predicted octanol–water partition coefficient (Wildman–Crippen LogP) is 3.85. The monoisotopic (exact) mass is 354 g/mol. The Balaban J connectivity index is 2.07. The standard InChI is InChI=1S/C19H18N2O5/c1-12-3-4-14(7-19(12)21(24)25)9-20-10-17(13(2)26-11-22)16-8-15(23)5-6-18(16)20/h3-8,10-11,13,23H,9H2,1-2H3. The van der Waals surface area contributed by atoms with Gasteiger partial charge in [-0.3, -0.25) is 14.9 Å². The van der Waals surface area contributed by atoms with Crippen LogP contribution in [0, 0.1) is 17.0 Å². The molecule has 0 aliphatic rings. The molecule has 0 saturated carbocycles. The SMILES string of the molecule is Cc1ccc(Cn2cc(C(C)OC=O)c3cc(O)ccc32)cc1[N+](=O)[O-]. The molecule has 1 unspecified atom stereocenters. The summed E-state index contributed by atoms with van der Waals surface area (Å²) in [7, 11) is 0. The number of ether oxygens (including phenoxy) is 1. The summed E-state index contributed by atoms with van der Waals surface area (Å²) in [5.74, 6) is 0.112. The number of carbonyl (C=O) groups excluding carboxylic acids is 1. The van der Waals surface area contributed by atoms with Gasteiger partial charge in [-0.2, -0.15) is 0 Å². The maximum Gasteiger partial charge on any atom is 0.293 e. The van der Waals surface area contributed by atoms with E-state index in [9.17, 15) is 20.0 Å². The fourth-order valence-corrected chi connectivity index (χ4v) is 3.07. The Morgan fingerprint density at radius 2 is 2.08 bits per heavy atom. The van der Waals surface area contributed by atoms with E-state index < -0.39 is 11.0 Å². The highest BCUT2D eigenvalue weighted by Gasteiger charge is 2.17. The number of hydrogen-bond acceptors (Lipinski definition) is 5. The van der Waals surface area contributed by atoms with Gasteiger partial charge in [-0.05, 0) is 37.6 Å². The molecule has 2 aromatic carbocycles. The van der Waals surface area contributed by atoms with Crippen molar-refractivity contribution in [2.24, 2.45) is 0 Å². The summed E-state index contributed by atoms with van der Waals surface area (Å²) in [6.07, 6.45) is 1.36. The highest BCUT2D eigenvalue weighted by molar-refractivity contribution is 5.86. The lowest BCUT2D eigenvalue weighted by atomic mass is 10.1. The fourth-order valence-electron chi connectivity index (χ4n) is 3.07. The van der Waals surface area contributed by atoms with Crippen molar-refractivity contribution in [2.45, 2.75) is 26.5 Å². The van der Waals surface area contributed by atoms with Gasteiger partial charge in [-0.25, -0.2) is 0 Å². The average molecular weight is 354 g/mol. The van der Waals surface area contributed by atoms with Crippen molar-refractivity contribution in [3.8, 4) is 5.75 Å². The summed E-state index contributed by atoms with van der Waals surface area (Å²) in [4.78, 5) is 21.5. The molecular weight excluding hydrogens is 336 g/mol. The van der Waals surface area contributed by atoms with E-state index in [1.165, 1.54) is 0 Å². The highest BCUT2D eigenvalue weighted by atomic mass is 16.6. The molecule has 7 heteroatoms. The third-order valence-electron chi connectivity index (χ3n) is 4.42. The van der Waals surface area contributed by atoms with Gasteiger partial charge >= 0.3 is 0 Å². The van der Waals surface area contributed by atoms with Crippen molar-refractivity contribution in [1.82, 2.24) is 4.57 Å². The van der Waals surface area contributed by atoms with Crippen LogP contribution in [0.5, 0.6) is 5.75 Å². The maximum absolute atomic E-state index is 11.2.